The summed E-state index contributed by atoms with van der Waals surface area (Å²) >= 11 is 0. The van der Waals surface area contributed by atoms with E-state index in [-0.39, 0.29) is 11.4 Å². The molecule has 0 radical (unpaired) electrons. The van der Waals surface area contributed by atoms with Crippen LogP contribution in [0.15, 0.2) is 12.1 Å². The predicted octanol–water partition coefficient (Wildman–Crippen LogP) is 0.322. The summed E-state index contributed by atoms with van der Waals surface area (Å²) in [5, 5.41) is 10.6. The standard InChI is InChI=1S/C10H9N3O3/c1-6-4-7(2-3-10(12)14)8(11)5-9(6)13(15)16/h4-5H,11H2,1H3,(H2,12,14). The number of nitro benzene ring substituents is 1. The molecule has 0 unspecified atom stereocenters. The van der Waals surface area contributed by atoms with Gasteiger partial charge in [-0.15, -0.1) is 0 Å². The van der Waals surface area contributed by atoms with E-state index in [0.29, 0.717) is 11.1 Å². The van der Waals surface area contributed by atoms with Gasteiger partial charge in [-0.2, -0.15) is 0 Å². The Bertz CT molecular complexity index is 526. The second-order valence-electron chi connectivity index (χ2n) is 3.10. The maximum Gasteiger partial charge on any atom is 0.293 e. The van der Waals surface area contributed by atoms with Crippen molar-refractivity contribution in [3.63, 3.8) is 0 Å². The number of carbonyl (C=O) groups is 1. The minimum Gasteiger partial charge on any atom is -0.398 e. The monoisotopic (exact) mass is 219 g/mol. The molecule has 82 valence electrons. The number of hydrogen-bond donors (Lipinski definition) is 2. The van der Waals surface area contributed by atoms with Crippen molar-refractivity contribution in [2.24, 2.45) is 5.73 Å². The molecule has 1 aromatic rings. The van der Waals surface area contributed by atoms with Gasteiger partial charge < -0.3 is 11.5 Å². The Morgan fingerprint density at radius 3 is 2.62 bits per heavy atom. The van der Waals surface area contributed by atoms with Crippen molar-refractivity contribution in [1.82, 2.24) is 0 Å². The first kappa shape index (κ1) is 11.5. The molecule has 1 rings (SSSR count). The topological polar surface area (TPSA) is 112 Å². The predicted molar refractivity (Wildman–Crippen MR) is 58.3 cm³/mol. The van der Waals surface area contributed by atoms with E-state index in [4.69, 9.17) is 11.5 Å². The highest BCUT2D eigenvalue weighted by Crippen LogP contribution is 2.23. The molecule has 0 aliphatic rings. The maximum absolute atomic E-state index is 10.6. The van der Waals surface area contributed by atoms with E-state index < -0.39 is 10.8 Å². The number of nitro groups is 1. The van der Waals surface area contributed by atoms with Gasteiger partial charge in [-0.25, -0.2) is 0 Å². The Morgan fingerprint density at radius 1 is 1.50 bits per heavy atom. The number of rotatable bonds is 1. The highest BCUT2D eigenvalue weighted by Gasteiger charge is 2.12. The van der Waals surface area contributed by atoms with Crippen LogP contribution in [0.2, 0.25) is 0 Å². The van der Waals surface area contributed by atoms with Crippen molar-refractivity contribution in [1.29, 1.82) is 0 Å². The fourth-order valence-electron chi connectivity index (χ4n) is 1.15. The number of amides is 1. The SMILES string of the molecule is Cc1cc(C#CC(N)=O)c(N)cc1[N+](=O)[O-]. The highest BCUT2D eigenvalue weighted by atomic mass is 16.6. The zero-order valence-electron chi connectivity index (χ0n) is 8.48. The van der Waals surface area contributed by atoms with Gasteiger partial charge in [0.2, 0.25) is 0 Å². The lowest BCUT2D eigenvalue weighted by atomic mass is 10.1. The molecular weight excluding hydrogens is 210 g/mol. The normalized spacial score (nSPS) is 9.06. The first-order valence-electron chi connectivity index (χ1n) is 4.27. The average Bonchev–Trinajstić information content (AvgIpc) is 2.18. The van der Waals surface area contributed by atoms with Crippen LogP contribution in [0, 0.1) is 28.9 Å². The molecule has 0 spiro atoms. The van der Waals surface area contributed by atoms with Crippen LogP contribution >= 0.6 is 0 Å². The molecule has 1 amide bonds. The number of hydrogen-bond acceptors (Lipinski definition) is 4. The summed E-state index contributed by atoms with van der Waals surface area (Å²) in [6.45, 7) is 1.56. The number of nitrogen functional groups attached to an aromatic ring is 1. The van der Waals surface area contributed by atoms with Crippen molar-refractivity contribution < 1.29 is 9.72 Å². The molecule has 0 fully saturated rings. The lowest BCUT2D eigenvalue weighted by molar-refractivity contribution is -0.385. The zero-order chi connectivity index (χ0) is 12.3. The van der Waals surface area contributed by atoms with E-state index in [1.165, 1.54) is 12.1 Å². The van der Waals surface area contributed by atoms with E-state index in [1.807, 2.05) is 0 Å². The molecule has 4 N–H and O–H groups in total. The minimum atomic E-state index is -0.782. The first-order chi connectivity index (χ1) is 7.41. The lowest BCUT2D eigenvalue weighted by Crippen LogP contribution is -2.06. The molecule has 0 saturated carbocycles. The van der Waals surface area contributed by atoms with E-state index in [0.717, 1.165) is 0 Å². The quantitative estimate of drug-likeness (QED) is 0.306. The van der Waals surface area contributed by atoms with Crippen molar-refractivity contribution in [3.8, 4) is 11.8 Å². The van der Waals surface area contributed by atoms with Crippen LogP contribution in [0.4, 0.5) is 11.4 Å². The van der Waals surface area contributed by atoms with Gasteiger partial charge in [0.1, 0.15) is 0 Å². The van der Waals surface area contributed by atoms with Crippen LogP contribution in [0.1, 0.15) is 11.1 Å². The third-order valence-corrected chi connectivity index (χ3v) is 1.89. The van der Waals surface area contributed by atoms with Gasteiger partial charge in [-0.05, 0) is 13.0 Å². The van der Waals surface area contributed by atoms with Crippen LogP contribution in [0.25, 0.3) is 0 Å². The summed E-state index contributed by atoms with van der Waals surface area (Å²) in [5.41, 5.74) is 11.2. The van der Waals surface area contributed by atoms with Gasteiger partial charge in [0.05, 0.1) is 10.6 Å². The van der Waals surface area contributed by atoms with Crippen LogP contribution in [-0.2, 0) is 4.79 Å². The summed E-state index contributed by atoms with van der Waals surface area (Å²) in [4.78, 5) is 20.5. The van der Waals surface area contributed by atoms with Gasteiger partial charge in [0, 0.05) is 23.1 Å². The first-order valence-corrected chi connectivity index (χ1v) is 4.27. The summed E-state index contributed by atoms with van der Waals surface area (Å²) in [6, 6.07) is 2.66. The van der Waals surface area contributed by atoms with E-state index in [1.54, 1.807) is 6.92 Å². The fraction of sp³-hybridized carbons (Fsp3) is 0.100. The second kappa shape index (κ2) is 4.31. The number of nitrogens with two attached hydrogens (primary N) is 2. The summed E-state index contributed by atoms with van der Waals surface area (Å²) in [6.07, 6.45) is 0. The molecule has 16 heavy (non-hydrogen) atoms. The molecule has 0 atom stereocenters. The van der Waals surface area contributed by atoms with E-state index in [2.05, 4.69) is 11.8 Å². The third kappa shape index (κ3) is 2.48. The Morgan fingerprint density at radius 2 is 2.12 bits per heavy atom. The Kier molecular flexibility index (Phi) is 3.11. The molecule has 0 bridgehead atoms. The van der Waals surface area contributed by atoms with Crippen LogP contribution in [0.5, 0.6) is 0 Å². The Hall–Kier alpha value is -2.55. The largest absolute Gasteiger partial charge is 0.398 e. The molecule has 0 aliphatic heterocycles. The van der Waals surface area contributed by atoms with Crippen LogP contribution in [-0.4, -0.2) is 10.8 Å². The average molecular weight is 219 g/mol. The number of nitrogens with zero attached hydrogens (tertiary/aromatic N) is 1. The summed E-state index contributed by atoms with van der Waals surface area (Å²) < 4.78 is 0. The highest BCUT2D eigenvalue weighted by molar-refractivity contribution is 5.93. The van der Waals surface area contributed by atoms with Crippen molar-refractivity contribution in [2.45, 2.75) is 6.92 Å². The second-order valence-corrected chi connectivity index (χ2v) is 3.10. The minimum absolute atomic E-state index is 0.0814. The zero-order valence-corrected chi connectivity index (χ0v) is 8.48. The molecule has 1 aromatic carbocycles. The molecule has 6 heteroatoms. The summed E-state index contributed by atoms with van der Waals surface area (Å²) in [7, 11) is 0. The summed E-state index contributed by atoms with van der Waals surface area (Å²) in [5.74, 6) is 3.78. The fourth-order valence-corrected chi connectivity index (χ4v) is 1.15. The van der Waals surface area contributed by atoms with Gasteiger partial charge >= 0.3 is 0 Å². The maximum atomic E-state index is 10.6. The van der Waals surface area contributed by atoms with Crippen LogP contribution in [0.3, 0.4) is 0 Å². The molecule has 0 saturated heterocycles. The van der Waals surface area contributed by atoms with E-state index >= 15 is 0 Å². The molecule has 0 aliphatic carbocycles. The number of primary amides is 1. The molecule has 0 aromatic heterocycles. The smallest absolute Gasteiger partial charge is 0.293 e. The third-order valence-electron chi connectivity index (χ3n) is 1.89. The number of carbonyl (C=O) groups excluding carboxylic acids is 1. The number of benzene rings is 1. The van der Waals surface area contributed by atoms with E-state index in [9.17, 15) is 14.9 Å². The van der Waals surface area contributed by atoms with Gasteiger partial charge in [-0.3, -0.25) is 14.9 Å². The molecule has 0 heterocycles. The Labute approximate surface area is 91.4 Å². The Balaban J connectivity index is 3.27. The number of aryl methyl sites for hydroxylation is 1. The van der Waals surface area contributed by atoms with Gasteiger partial charge in [-0.1, -0.05) is 5.92 Å². The van der Waals surface area contributed by atoms with Crippen molar-refractivity contribution in [2.75, 3.05) is 5.73 Å². The lowest BCUT2D eigenvalue weighted by Gasteiger charge is -2.01. The van der Waals surface area contributed by atoms with Gasteiger partial charge in [0.25, 0.3) is 11.6 Å². The molecule has 6 nitrogen and oxygen atoms in total. The van der Waals surface area contributed by atoms with Gasteiger partial charge in [0.15, 0.2) is 0 Å². The molecular formula is C10H9N3O3. The van der Waals surface area contributed by atoms with Crippen LogP contribution < -0.4 is 11.5 Å². The van der Waals surface area contributed by atoms with Crippen molar-refractivity contribution >= 4 is 17.3 Å². The van der Waals surface area contributed by atoms with Crippen molar-refractivity contribution in [3.05, 3.63) is 33.4 Å². The number of anilines is 1.